The van der Waals surface area contributed by atoms with Crippen LogP contribution in [-0.2, 0) is 4.79 Å². The lowest BCUT2D eigenvalue weighted by atomic mass is 9.98. The summed E-state index contributed by atoms with van der Waals surface area (Å²) in [7, 11) is 0. The van der Waals surface area contributed by atoms with Crippen LogP contribution in [0, 0.1) is 5.92 Å². The second-order valence-electron chi connectivity index (χ2n) is 5.57. The predicted molar refractivity (Wildman–Crippen MR) is 90.7 cm³/mol. The Morgan fingerprint density at radius 2 is 2.09 bits per heavy atom. The van der Waals surface area contributed by atoms with Gasteiger partial charge in [0.05, 0.1) is 0 Å². The van der Waals surface area contributed by atoms with Crippen molar-refractivity contribution in [1.29, 1.82) is 0 Å². The van der Waals surface area contributed by atoms with Crippen molar-refractivity contribution < 1.29 is 4.79 Å². The van der Waals surface area contributed by atoms with Gasteiger partial charge in [-0.3, -0.25) is 9.79 Å². The van der Waals surface area contributed by atoms with Gasteiger partial charge in [0, 0.05) is 13.1 Å². The number of nitrogens with zero attached hydrogens (tertiary/aromatic N) is 1. The summed E-state index contributed by atoms with van der Waals surface area (Å²) in [5.41, 5.74) is 2.89. The number of carbonyl (C=O) groups excluding carboxylic acids is 1. The van der Waals surface area contributed by atoms with E-state index >= 15 is 0 Å². The molecule has 0 spiro atoms. The maximum atomic E-state index is 12.3. The quantitative estimate of drug-likeness (QED) is 0.910. The third-order valence-electron chi connectivity index (χ3n) is 3.95. The Kier molecular flexibility index (Phi) is 4.64. The Labute approximate surface area is 131 Å². The summed E-state index contributed by atoms with van der Waals surface area (Å²) in [4.78, 5) is 16.7. The first kappa shape index (κ1) is 14.5. The first-order valence-corrected chi connectivity index (χ1v) is 7.75. The number of rotatable bonds is 4. The first-order valence-electron chi connectivity index (χ1n) is 7.75. The van der Waals surface area contributed by atoms with Gasteiger partial charge in [-0.2, -0.15) is 0 Å². The molecule has 0 aromatic heterocycles. The molecule has 0 bridgehead atoms. The molecule has 1 aliphatic carbocycles. The average Bonchev–Trinajstić information content (AvgIpc) is 2.61. The molecule has 3 nitrogen and oxygen atoms in total. The van der Waals surface area contributed by atoms with Crippen LogP contribution in [0.2, 0.25) is 0 Å². The van der Waals surface area contributed by atoms with Crippen molar-refractivity contribution in [2.45, 2.75) is 12.8 Å². The minimum Gasteiger partial charge on any atom is -0.350 e. The number of carbonyl (C=O) groups is 1. The monoisotopic (exact) mass is 292 g/mol. The van der Waals surface area contributed by atoms with Crippen molar-refractivity contribution in [3.05, 3.63) is 66.3 Å². The molecule has 22 heavy (non-hydrogen) atoms. The number of amides is 1. The Bertz CT molecular complexity index is 653. The van der Waals surface area contributed by atoms with Crippen LogP contribution in [0.4, 0.5) is 0 Å². The van der Waals surface area contributed by atoms with E-state index in [2.05, 4.69) is 34.6 Å². The number of aliphatic imine (C=N–C) groups is 1. The summed E-state index contributed by atoms with van der Waals surface area (Å²) < 4.78 is 0. The highest BCUT2D eigenvalue weighted by atomic mass is 16.1. The number of hydrogen-bond acceptors (Lipinski definition) is 2. The van der Waals surface area contributed by atoms with E-state index in [1.54, 1.807) is 0 Å². The number of benzene rings is 1. The first-order chi connectivity index (χ1) is 10.8. The molecule has 1 aliphatic heterocycles. The minimum atomic E-state index is -0.0731. The fourth-order valence-electron chi connectivity index (χ4n) is 2.69. The van der Waals surface area contributed by atoms with E-state index in [-0.39, 0.29) is 5.91 Å². The van der Waals surface area contributed by atoms with Crippen LogP contribution >= 0.6 is 0 Å². The van der Waals surface area contributed by atoms with Gasteiger partial charge < -0.3 is 5.32 Å². The molecule has 0 saturated heterocycles. The van der Waals surface area contributed by atoms with Crippen molar-refractivity contribution >= 4 is 17.2 Å². The van der Waals surface area contributed by atoms with E-state index in [0.29, 0.717) is 24.7 Å². The van der Waals surface area contributed by atoms with Crippen LogP contribution in [0.1, 0.15) is 18.4 Å². The van der Waals surface area contributed by atoms with Gasteiger partial charge in [-0.15, -0.1) is 0 Å². The Balaban J connectivity index is 1.62. The van der Waals surface area contributed by atoms with Gasteiger partial charge in [0.1, 0.15) is 5.71 Å². The molecule has 1 N–H and O–H groups in total. The molecule has 1 heterocycles. The molecule has 3 heteroatoms. The van der Waals surface area contributed by atoms with Crippen molar-refractivity contribution in [1.82, 2.24) is 5.32 Å². The maximum Gasteiger partial charge on any atom is 0.269 e. The van der Waals surface area contributed by atoms with E-state index in [0.717, 1.165) is 12.8 Å². The van der Waals surface area contributed by atoms with E-state index in [1.807, 2.05) is 36.4 Å². The molecular weight excluding hydrogens is 272 g/mol. The molecule has 1 atom stereocenters. The number of allylic oxidation sites excluding steroid dienone is 3. The molecule has 1 aromatic carbocycles. The molecule has 112 valence electrons. The molecule has 1 aromatic rings. The van der Waals surface area contributed by atoms with Crippen LogP contribution < -0.4 is 5.32 Å². The molecule has 0 radical (unpaired) electrons. The highest BCUT2D eigenvalue weighted by molar-refractivity contribution is 6.44. The van der Waals surface area contributed by atoms with Gasteiger partial charge in [-0.05, 0) is 36.0 Å². The summed E-state index contributed by atoms with van der Waals surface area (Å²) in [6.07, 6.45) is 12.1. The zero-order valence-corrected chi connectivity index (χ0v) is 12.5. The zero-order valence-electron chi connectivity index (χ0n) is 12.5. The topological polar surface area (TPSA) is 41.5 Å². The van der Waals surface area contributed by atoms with Crippen molar-refractivity contribution in [2.24, 2.45) is 10.9 Å². The van der Waals surface area contributed by atoms with Crippen LogP contribution in [0.25, 0.3) is 5.57 Å². The lowest BCUT2D eigenvalue weighted by Gasteiger charge is -2.16. The van der Waals surface area contributed by atoms with Crippen molar-refractivity contribution in [2.75, 3.05) is 13.1 Å². The SMILES string of the molecule is O=C(NCC1C=CC=CC1)C1=NCCC(c2ccccc2)=C1. The fraction of sp³-hybridized carbons (Fsp3) is 0.263. The molecule has 1 amide bonds. The van der Waals surface area contributed by atoms with E-state index in [4.69, 9.17) is 0 Å². The summed E-state index contributed by atoms with van der Waals surface area (Å²) in [5, 5.41) is 2.99. The molecular formula is C19H20N2O. The highest BCUT2D eigenvalue weighted by Gasteiger charge is 2.16. The van der Waals surface area contributed by atoms with Gasteiger partial charge in [0.15, 0.2) is 0 Å². The summed E-state index contributed by atoms with van der Waals surface area (Å²) in [5.74, 6) is 0.312. The maximum absolute atomic E-state index is 12.3. The molecule has 2 aliphatic rings. The largest absolute Gasteiger partial charge is 0.350 e. The van der Waals surface area contributed by atoms with E-state index < -0.39 is 0 Å². The second kappa shape index (κ2) is 7.03. The van der Waals surface area contributed by atoms with Gasteiger partial charge in [-0.1, -0.05) is 54.6 Å². The lowest BCUT2D eigenvalue weighted by molar-refractivity contribution is -0.114. The Morgan fingerprint density at radius 1 is 1.23 bits per heavy atom. The van der Waals surface area contributed by atoms with Gasteiger partial charge in [0.2, 0.25) is 0 Å². The number of dihydropyridines is 1. The smallest absolute Gasteiger partial charge is 0.269 e. The third-order valence-corrected chi connectivity index (χ3v) is 3.95. The summed E-state index contributed by atoms with van der Waals surface area (Å²) in [6, 6.07) is 10.2. The third kappa shape index (κ3) is 3.61. The molecule has 1 unspecified atom stereocenters. The number of hydrogen-bond donors (Lipinski definition) is 1. The summed E-state index contributed by atoms with van der Waals surface area (Å²) >= 11 is 0. The Hall–Kier alpha value is -2.42. The number of nitrogens with one attached hydrogen (secondary N) is 1. The Morgan fingerprint density at radius 3 is 2.86 bits per heavy atom. The van der Waals surface area contributed by atoms with E-state index in [1.165, 1.54) is 11.1 Å². The minimum absolute atomic E-state index is 0.0731. The van der Waals surface area contributed by atoms with Gasteiger partial charge >= 0.3 is 0 Å². The fourth-order valence-corrected chi connectivity index (χ4v) is 2.69. The zero-order chi connectivity index (χ0) is 15.2. The molecule has 0 fully saturated rings. The summed E-state index contributed by atoms with van der Waals surface area (Å²) in [6.45, 7) is 1.34. The van der Waals surface area contributed by atoms with Crippen molar-refractivity contribution in [3.8, 4) is 0 Å². The molecule has 0 saturated carbocycles. The van der Waals surface area contributed by atoms with Crippen LogP contribution in [-0.4, -0.2) is 24.7 Å². The average molecular weight is 292 g/mol. The van der Waals surface area contributed by atoms with Gasteiger partial charge in [-0.25, -0.2) is 0 Å². The lowest BCUT2D eigenvalue weighted by Crippen LogP contribution is -2.34. The molecule has 3 rings (SSSR count). The van der Waals surface area contributed by atoms with E-state index in [9.17, 15) is 4.79 Å². The highest BCUT2D eigenvalue weighted by Crippen LogP contribution is 2.21. The van der Waals surface area contributed by atoms with Crippen LogP contribution in [0.15, 0.2) is 65.7 Å². The predicted octanol–water partition coefficient (Wildman–Crippen LogP) is 3.16. The standard InChI is InChI=1S/C19H20N2O/c22-19(21-14-15-7-3-1-4-8-15)18-13-17(11-12-20-18)16-9-5-2-6-10-16/h1-7,9-10,13,15H,8,11-12,14H2,(H,21,22). The van der Waals surface area contributed by atoms with Gasteiger partial charge in [0.25, 0.3) is 5.91 Å². The van der Waals surface area contributed by atoms with Crippen LogP contribution in [0.5, 0.6) is 0 Å². The van der Waals surface area contributed by atoms with Crippen molar-refractivity contribution in [3.63, 3.8) is 0 Å². The second-order valence-corrected chi connectivity index (χ2v) is 5.57. The normalized spacial score (nSPS) is 20.3. The van der Waals surface area contributed by atoms with Crippen LogP contribution in [0.3, 0.4) is 0 Å².